The molecule has 0 spiro atoms. The van der Waals surface area contributed by atoms with Crippen molar-refractivity contribution in [2.24, 2.45) is 5.73 Å². The van der Waals surface area contributed by atoms with Crippen LogP contribution in [0.15, 0.2) is 12.1 Å². The molecular formula is C13H21NO4. The topological polar surface area (TPSA) is 73.9 Å². The lowest BCUT2D eigenvalue weighted by Gasteiger charge is -2.18. The van der Waals surface area contributed by atoms with Gasteiger partial charge in [0.25, 0.3) is 0 Å². The van der Waals surface area contributed by atoms with Crippen LogP contribution in [0, 0.1) is 0 Å². The van der Waals surface area contributed by atoms with E-state index in [1.807, 2.05) is 6.07 Å². The molecule has 0 fully saturated rings. The quantitative estimate of drug-likeness (QED) is 0.772. The molecule has 0 radical (unpaired) electrons. The van der Waals surface area contributed by atoms with E-state index in [0.717, 1.165) is 5.56 Å². The molecule has 0 saturated heterocycles. The summed E-state index contributed by atoms with van der Waals surface area (Å²) in [5, 5.41) is 8.84. The zero-order chi connectivity index (χ0) is 13.5. The third-order valence-corrected chi connectivity index (χ3v) is 2.81. The Labute approximate surface area is 107 Å². The molecule has 1 aromatic carbocycles. The zero-order valence-electron chi connectivity index (χ0n) is 11.1. The highest BCUT2D eigenvalue weighted by Crippen LogP contribution is 2.37. The minimum absolute atomic E-state index is 0.128. The van der Waals surface area contributed by atoms with Crippen LogP contribution in [0.2, 0.25) is 0 Å². The first-order chi connectivity index (χ1) is 8.67. The minimum Gasteiger partial charge on any atom is -0.496 e. The fourth-order valence-electron chi connectivity index (χ4n) is 1.81. The standard InChI is InChI=1S/C13H21NO4/c1-16-11-8-13(18-3)12(17-2)7-9(11)10(14)5-4-6-15/h7-8,10,15H,4-6,14H2,1-3H3. The van der Waals surface area contributed by atoms with Crippen molar-refractivity contribution in [3.05, 3.63) is 17.7 Å². The van der Waals surface area contributed by atoms with E-state index in [1.165, 1.54) is 0 Å². The van der Waals surface area contributed by atoms with Crippen molar-refractivity contribution in [1.29, 1.82) is 0 Å². The smallest absolute Gasteiger partial charge is 0.164 e. The lowest BCUT2D eigenvalue weighted by atomic mass is 10.0. The predicted molar refractivity (Wildman–Crippen MR) is 69.3 cm³/mol. The molecule has 0 bridgehead atoms. The molecule has 0 aliphatic carbocycles. The minimum atomic E-state index is -0.202. The summed E-state index contributed by atoms with van der Waals surface area (Å²) >= 11 is 0. The van der Waals surface area contributed by atoms with E-state index in [-0.39, 0.29) is 12.6 Å². The molecule has 3 N–H and O–H groups in total. The third kappa shape index (κ3) is 3.27. The molecule has 0 heterocycles. The van der Waals surface area contributed by atoms with E-state index in [4.69, 9.17) is 25.1 Å². The summed E-state index contributed by atoms with van der Waals surface area (Å²) in [5.74, 6) is 1.89. The molecule has 5 heteroatoms. The normalized spacial score (nSPS) is 12.1. The van der Waals surface area contributed by atoms with E-state index < -0.39 is 0 Å². The Kier molecular flexibility index (Phi) is 5.74. The highest BCUT2D eigenvalue weighted by Gasteiger charge is 2.16. The van der Waals surface area contributed by atoms with Gasteiger partial charge in [0.1, 0.15) is 5.75 Å². The summed E-state index contributed by atoms with van der Waals surface area (Å²) in [4.78, 5) is 0. The fraction of sp³-hybridized carbons (Fsp3) is 0.538. The molecular weight excluding hydrogens is 234 g/mol. The lowest BCUT2D eigenvalue weighted by Crippen LogP contribution is -2.12. The van der Waals surface area contributed by atoms with Crippen molar-refractivity contribution in [2.45, 2.75) is 18.9 Å². The Balaban J connectivity index is 3.08. The first kappa shape index (κ1) is 14.6. The first-order valence-corrected chi connectivity index (χ1v) is 5.84. The molecule has 0 amide bonds. The number of aliphatic hydroxyl groups excluding tert-OH is 1. The van der Waals surface area contributed by atoms with Gasteiger partial charge in [0.05, 0.1) is 21.3 Å². The fourth-order valence-corrected chi connectivity index (χ4v) is 1.81. The summed E-state index contributed by atoms with van der Waals surface area (Å²) in [6, 6.07) is 3.37. The maximum atomic E-state index is 8.84. The molecule has 5 nitrogen and oxygen atoms in total. The van der Waals surface area contributed by atoms with Crippen LogP contribution in [0.1, 0.15) is 24.4 Å². The number of ether oxygens (including phenoxy) is 3. The Morgan fingerprint density at radius 3 is 2.11 bits per heavy atom. The number of methoxy groups -OCH3 is 3. The van der Waals surface area contributed by atoms with Crippen LogP contribution >= 0.6 is 0 Å². The van der Waals surface area contributed by atoms with Crippen LogP contribution in [0.25, 0.3) is 0 Å². The van der Waals surface area contributed by atoms with Gasteiger partial charge in [0.15, 0.2) is 11.5 Å². The second-order valence-corrected chi connectivity index (χ2v) is 3.92. The number of nitrogens with two attached hydrogens (primary N) is 1. The van der Waals surface area contributed by atoms with Gasteiger partial charge in [-0.2, -0.15) is 0 Å². The Bertz CT molecular complexity index is 381. The van der Waals surface area contributed by atoms with Crippen LogP contribution in [0.4, 0.5) is 0 Å². The summed E-state index contributed by atoms with van der Waals surface area (Å²) < 4.78 is 15.8. The highest BCUT2D eigenvalue weighted by molar-refractivity contribution is 5.51. The second kappa shape index (κ2) is 7.08. The zero-order valence-corrected chi connectivity index (χ0v) is 11.1. The maximum Gasteiger partial charge on any atom is 0.164 e. The van der Waals surface area contributed by atoms with Gasteiger partial charge in [-0.05, 0) is 18.9 Å². The van der Waals surface area contributed by atoms with Crippen LogP contribution < -0.4 is 19.9 Å². The van der Waals surface area contributed by atoms with E-state index >= 15 is 0 Å². The summed E-state index contributed by atoms with van der Waals surface area (Å²) in [5.41, 5.74) is 6.94. The van der Waals surface area contributed by atoms with Crippen molar-refractivity contribution in [1.82, 2.24) is 0 Å². The molecule has 1 atom stereocenters. The van der Waals surface area contributed by atoms with E-state index in [2.05, 4.69) is 0 Å². The highest BCUT2D eigenvalue weighted by atomic mass is 16.5. The third-order valence-electron chi connectivity index (χ3n) is 2.81. The van der Waals surface area contributed by atoms with Crippen molar-refractivity contribution in [2.75, 3.05) is 27.9 Å². The molecule has 0 aromatic heterocycles. The van der Waals surface area contributed by atoms with Gasteiger partial charge in [0, 0.05) is 24.3 Å². The summed E-state index contributed by atoms with van der Waals surface area (Å²) in [6.45, 7) is 0.128. The lowest BCUT2D eigenvalue weighted by molar-refractivity contribution is 0.279. The van der Waals surface area contributed by atoms with Gasteiger partial charge in [-0.3, -0.25) is 0 Å². The maximum absolute atomic E-state index is 8.84. The predicted octanol–water partition coefficient (Wildman–Crippen LogP) is 1.48. The second-order valence-electron chi connectivity index (χ2n) is 3.92. The van der Waals surface area contributed by atoms with Gasteiger partial charge in [-0.1, -0.05) is 0 Å². The van der Waals surface area contributed by atoms with Gasteiger partial charge in [-0.15, -0.1) is 0 Å². The van der Waals surface area contributed by atoms with Gasteiger partial charge < -0.3 is 25.1 Å². The molecule has 0 aliphatic heterocycles. The number of aliphatic hydroxyl groups is 1. The Morgan fingerprint density at radius 2 is 1.61 bits per heavy atom. The van der Waals surface area contributed by atoms with Crippen molar-refractivity contribution < 1.29 is 19.3 Å². The SMILES string of the molecule is COc1cc(OC)c(C(N)CCCO)cc1OC. The summed E-state index contributed by atoms with van der Waals surface area (Å²) in [7, 11) is 4.74. The number of hydrogen-bond acceptors (Lipinski definition) is 5. The first-order valence-electron chi connectivity index (χ1n) is 5.84. The van der Waals surface area contributed by atoms with Crippen molar-refractivity contribution >= 4 is 0 Å². The molecule has 0 aliphatic rings. The van der Waals surface area contributed by atoms with Crippen LogP contribution in [0.3, 0.4) is 0 Å². The van der Waals surface area contributed by atoms with Crippen molar-refractivity contribution in [3.63, 3.8) is 0 Å². The van der Waals surface area contributed by atoms with E-state index in [0.29, 0.717) is 30.1 Å². The Morgan fingerprint density at radius 1 is 1.06 bits per heavy atom. The Hall–Kier alpha value is -1.46. The molecule has 1 unspecified atom stereocenters. The molecule has 1 rings (SSSR count). The van der Waals surface area contributed by atoms with E-state index in [1.54, 1.807) is 27.4 Å². The van der Waals surface area contributed by atoms with Crippen LogP contribution in [-0.2, 0) is 0 Å². The van der Waals surface area contributed by atoms with Crippen LogP contribution in [0.5, 0.6) is 17.2 Å². The largest absolute Gasteiger partial charge is 0.496 e. The average Bonchev–Trinajstić information content (AvgIpc) is 2.42. The van der Waals surface area contributed by atoms with Crippen molar-refractivity contribution in [3.8, 4) is 17.2 Å². The molecule has 1 aromatic rings. The average molecular weight is 255 g/mol. The monoisotopic (exact) mass is 255 g/mol. The van der Waals surface area contributed by atoms with Gasteiger partial charge >= 0.3 is 0 Å². The van der Waals surface area contributed by atoms with Crippen LogP contribution in [-0.4, -0.2) is 33.0 Å². The molecule has 0 saturated carbocycles. The van der Waals surface area contributed by atoms with E-state index in [9.17, 15) is 0 Å². The van der Waals surface area contributed by atoms with Gasteiger partial charge in [-0.25, -0.2) is 0 Å². The number of hydrogen-bond donors (Lipinski definition) is 2. The summed E-state index contributed by atoms with van der Waals surface area (Å²) in [6.07, 6.45) is 1.33. The molecule has 102 valence electrons. The molecule has 18 heavy (non-hydrogen) atoms. The number of rotatable bonds is 7. The van der Waals surface area contributed by atoms with Gasteiger partial charge in [0.2, 0.25) is 0 Å². The number of benzene rings is 1.